The highest BCUT2D eigenvalue weighted by Crippen LogP contribution is 2.15. The zero-order valence-corrected chi connectivity index (χ0v) is 27.6. The number of allylic oxidation sites excluding steroid dienone is 1. The van der Waals surface area contributed by atoms with Crippen molar-refractivity contribution in [1.29, 1.82) is 0 Å². The Kier molecular flexibility index (Phi) is 35.9. The number of hydrogen-bond acceptors (Lipinski definition) is 4. The first kappa shape index (κ1) is 39.4. The van der Waals surface area contributed by atoms with E-state index in [1.807, 2.05) is 6.26 Å². The summed E-state index contributed by atoms with van der Waals surface area (Å²) in [6, 6.07) is 0. The van der Waals surface area contributed by atoms with Gasteiger partial charge in [-0.25, -0.2) is 0 Å². The van der Waals surface area contributed by atoms with Crippen LogP contribution in [0.3, 0.4) is 0 Å². The second-order valence-corrected chi connectivity index (χ2v) is 11.7. The van der Waals surface area contributed by atoms with Crippen molar-refractivity contribution < 1.29 is 18.9 Å². The molecule has 240 valence electrons. The van der Waals surface area contributed by atoms with Gasteiger partial charge in [-0.15, -0.1) is 0 Å². The molecular weight excluding hydrogens is 496 g/mol. The Morgan fingerprint density at radius 3 is 1.43 bits per heavy atom. The van der Waals surface area contributed by atoms with Crippen LogP contribution in [0.1, 0.15) is 188 Å². The van der Waals surface area contributed by atoms with Crippen LogP contribution in [0.25, 0.3) is 0 Å². The van der Waals surface area contributed by atoms with Crippen LogP contribution in [0.4, 0.5) is 0 Å². The summed E-state index contributed by atoms with van der Waals surface area (Å²) in [6.07, 6.45) is 37.4. The maximum Gasteiger partial charge on any atom is 0.188 e. The van der Waals surface area contributed by atoms with Crippen LogP contribution in [0, 0.1) is 0 Å². The van der Waals surface area contributed by atoms with Gasteiger partial charge < -0.3 is 18.9 Å². The predicted molar refractivity (Wildman–Crippen MR) is 174 cm³/mol. The number of unbranched alkanes of at least 4 members (excludes halogenated alkanes) is 21. The van der Waals surface area contributed by atoms with Crippen LogP contribution in [0.15, 0.2) is 12.3 Å². The largest absolute Gasteiger partial charge is 0.475 e. The molecular formula is C36H72O4. The van der Waals surface area contributed by atoms with E-state index in [-0.39, 0.29) is 6.29 Å². The first-order chi connectivity index (χ1) is 19.8. The molecule has 4 heteroatoms. The molecule has 0 aromatic rings. The summed E-state index contributed by atoms with van der Waals surface area (Å²) in [5.41, 5.74) is 0. The minimum Gasteiger partial charge on any atom is -0.475 e. The van der Waals surface area contributed by atoms with Crippen molar-refractivity contribution in [2.75, 3.05) is 26.6 Å². The Hall–Kier alpha value is -0.580. The maximum absolute atomic E-state index is 6.21. The number of rotatable bonds is 35. The first-order valence-corrected chi connectivity index (χ1v) is 17.9. The Morgan fingerprint density at radius 1 is 0.450 bits per heavy atom. The molecule has 4 nitrogen and oxygen atoms in total. The molecule has 0 amide bonds. The summed E-state index contributed by atoms with van der Waals surface area (Å²) in [4.78, 5) is 0. The molecule has 0 aliphatic rings. The van der Waals surface area contributed by atoms with E-state index in [4.69, 9.17) is 18.9 Å². The fourth-order valence-corrected chi connectivity index (χ4v) is 4.96. The highest BCUT2D eigenvalue weighted by Gasteiger charge is 2.09. The number of hydrogen-bond donors (Lipinski definition) is 0. The van der Waals surface area contributed by atoms with Gasteiger partial charge in [0.15, 0.2) is 13.1 Å². The molecule has 0 aliphatic heterocycles. The van der Waals surface area contributed by atoms with Gasteiger partial charge in [0, 0.05) is 13.2 Å². The van der Waals surface area contributed by atoms with Crippen molar-refractivity contribution in [2.45, 2.75) is 194 Å². The van der Waals surface area contributed by atoms with Crippen LogP contribution < -0.4 is 0 Å². The van der Waals surface area contributed by atoms with E-state index < -0.39 is 0 Å². The van der Waals surface area contributed by atoms with Crippen molar-refractivity contribution in [2.24, 2.45) is 0 Å². The lowest BCUT2D eigenvalue weighted by atomic mass is 10.1. The van der Waals surface area contributed by atoms with Gasteiger partial charge in [0.2, 0.25) is 0 Å². The molecule has 0 fully saturated rings. The van der Waals surface area contributed by atoms with E-state index in [1.54, 1.807) is 0 Å². The fourth-order valence-electron chi connectivity index (χ4n) is 4.96. The lowest BCUT2D eigenvalue weighted by Crippen LogP contribution is -2.19. The predicted octanol–water partition coefficient (Wildman–Crippen LogP) is 12.1. The third-order valence-electron chi connectivity index (χ3n) is 7.65. The Morgan fingerprint density at radius 2 is 0.875 bits per heavy atom. The Balaban J connectivity index is 3.79. The zero-order valence-electron chi connectivity index (χ0n) is 27.6. The van der Waals surface area contributed by atoms with E-state index in [9.17, 15) is 0 Å². The summed E-state index contributed by atoms with van der Waals surface area (Å²) in [7, 11) is 0. The van der Waals surface area contributed by atoms with Crippen molar-refractivity contribution in [1.82, 2.24) is 0 Å². The fraction of sp³-hybridized carbons (Fsp3) is 0.944. The summed E-state index contributed by atoms with van der Waals surface area (Å²) < 4.78 is 23.3. The van der Waals surface area contributed by atoms with Crippen molar-refractivity contribution in [3.63, 3.8) is 0 Å². The van der Waals surface area contributed by atoms with Crippen LogP contribution in [0.5, 0.6) is 0 Å². The molecule has 0 aliphatic carbocycles. The Bertz CT molecular complexity index is 448. The van der Waals surface area contributed by atoms with Gasteiger partial charge in [-0.3, -0.25) is 0 Å². The quantitative estimate of drug-likeness (QED) is 0.0433. The molecule has 0 saturated heterocycles. The van der Waals surface area contributed by atoms with Gasteiger partial charge in [-0.05, 0) is 51.0 Å². The molecule has 0 saturated carbocycles. The normalized spacial score (nSPS) is 11.8. The molecule has 40 heavy (non-hydrogen) atoms. The lowest BCUT2D eigenvalue weighted by molar-refractivity contribution is -0.148. The summed E-state index contributed by atoms with van der Waals surface area (Å²) in [5.74, 6) is 0. The van der Waals surface area contributed by atoms with E-state index >= 15 is 0 Å². The number of ether oxygens (including phenoxy) is 4. The monoisotopic (exact) mass is 569 g/mol. The molecule has 0 atom stereocenters. The molecule has 0 N–H and O–H groups in total. The van der Waals surface area contributed by atoms with Gasteiger partial charge in [0.1, 0.15) is 0 Å². The van der Waals surface area contributed by atoms with Gasteiger partial charge in [-0.2, -0.15) is 0 Å². The van der Waals surface area contributed by atoms with Crippen LogP contribution in [-0.4, -0.2) is 32.9 Å². The van der Waals surface area contributed by atoms with Crippen molar-refractivity contribution >= 4 is 0 Å². The molecule has 0 unspecified atom stereocenters. The van der Waals surface area contributed by atoms with Crippen LogP contribution in [0.2, 0.25) is 0 Å². The van der Waals surface area contributed by atoms with Gasteiger partial charge in [-0.1, -0.05) is 143 Å². The van der Waals surface area contributed by atoms with Crippen molar-refractivity contribution in [3.8, 4) is 0 Å². The molecule has 0 rings (SSSR count). The van der Waals surface area contributed by atoms with Gasteiger partial charge >= 0.3 is 0 Å². The second kappa shape index (κ2) is 36.4. The summed E-state index contributed by atoms with van der Waals surface area (Å²) in [5, 5.41) is 0. The minimum absolute atomic E-state index is 0.0101. The molecule has 0 aromatic heterocycles. The molecule has 0 aromatic carbocycles. The second-order valence-electron chi connectivity index (χ2n) is 11.7. The molecule has 0 radical (unpaired) electrons. The van der Waals surface area contributed by atoms with Crippen LogP contribution >= 0.6 is 0 Å². The van der Waals surface area contributed by atoms with E-state index in [0.717, 1.165) is 39.1 Å². The molecule has 0 bridgehead atoms. The summed E-state index contributed by atoms with van der Waals surface area (Å²) >= 11 is 0. The average molecular weight is 569 g/mol. The van der Waals surface area contributed by atoms with E-state index in [1.165, 1.54) is 148 Å². The zero-order chi connectivity index (χ0) is 29.0. The summed E-state index contributed by atoms with van der Waals surface area (Å²) in [6.45, 7) is 9.69. The molecule has 0 heterocycles. The smallest absolute Gasteiger partial charge is 0.188 e. The highest BCUT2D eigenvalue weighted by atomic mass is 16.7. The third kappa shape index (κ3) is 33.6. The lowest BCUT2D eigenvalue weighted by Gasteiger charge is -2.19. The average Bonchev–Trinajstić information content (AvgIpc) is 2.97. The van der Waals surface area contributed by atoms with Gasteiger partial charge in [0.25, 0.3) is 0 Å². The first-order valence-electron chi connectivity index (χ1n) is 17.9. The van der Waals surface area contributed by atoms with Gasteiger partial charge in [0.05, 0.1) is 12.9 Å². The highest BCUT2D eigenvalue weighted by molar-refractivity contribution is 4.72. The standard InChI is InChI=1S/C36H72O4/c1-4-7-10-12-18-23-28-33-39-36(40-34-29-24-19-13-11-8-5-2)30-25-21-17-15-14-16-20-22-27-32-38-35-37-31-26-9-6-3/h27,32,36H,4-26,28-31,33-35H2,1-3H3. The third-order valence-corrected chi connectivity index (χ3v) is 7.65. The topological polar surface area (TPSA) is 36.9 Å². The van der Waals surface area contributed by atoms with Crippen molar-refractivity contribution in [3.05, 3.63) is 12.3 Å². The van der Waals surface area contributed by atoms with E-state index in [2.05, 4.69) is 26.8 Å². The van der Waals surface area contributed by atoms with E-state index in [0.29, 0.717) is 6.79 Å². The SMILES string of the molecule is CCCCCCCCCOC(CCCCCCCCCC=COCOCCCCC)OCCCCCCCCC. The Labute approximate surface area is 251 Å². The molecule has 0 spiro atoms. The maximum atomic E-state index is 6.21. The minimum atomic E-state index is 0.0101. The van der Waals surface area contributed by atoms with Crippen LogP contribution in [-0.2, 0) is 18.9 Å².